The van der Waals surface area contributed by atoms with Crippen molar-refractivity contribution in [2.24, 2.45) is 0 Å². The Bertz CT molecular complexity index is 1010. The summed E-state index contributed by atoms with van der Waals surface area (Å²) >= 11 is 6.00. The zero-order valence-electron chi connectivity index (χ0n) is 15.9. The fourth-order valence-corrected chi connectivity index (χ4v) is 2.76. The summed E-state index contributed by atoms with van der Waals surface area (Å²) in [5.74, 6) is -0.183. The molecule has 0 aliphatic heterocycles. The van der Waals surface area contributed by atoms with Crippen molar-refractivity contribution in [1.29, 1.82) is 0 Å². The molecule has 0 spiro atoms. The first-order valence-corrected chi connectivity index (χ1v) is 9.18. The van der Waals surface area contributed by atoms with Crippen LogP contribution in [-0.2, 0) is 16.1 Å². The van der Waals surface area contributed by atoms with Gasteiger partial charge in [0.2, 0.25) is 0 Å². The lowest BCUT2D eigenvalue weighted by Crippen LogP contribution is -2.21. The molecular formula is C21H19ClN2O5. The molecule has 2 aromatic carbocycles. The molecule has 0 aliphatic rings. The van der Waals surface area contributed by atoms with E-state index in [2.05, 4.69) is 10.5 Å². The molecule has 7 nitrogen and oxygen atoms in total. The monoisotopic (exact) mass is 414 g/mol. The van der Waals surface area contributed by atoms with Crippen molar-refractivity contribution in [2.75, 3.05) is 11.9 Å². The molecule has 8 heteroatoms. The molecule has 0 radical (unpaired) electrons. The van der Waals surface area contributed by atoms with Crippen molar-refractivity contribution >= 4 is 29.2 Å². The number of anilines is 1. The Hall–Kier alpha value is -3.32. The van der Waals surface area contributed by atoms with Gasteiger partial charge in [0, 0.05) is 0 Å². The number of benzene rings is 2. The molecule has 0 fully saturated rings. The van der Waals surface area contributed by atoms with Gasteiger partial charge in [-0.15, -0.1) is 0 Å². The number of esters is 1. The number of ether oxygens (including phenoxy) is 2. The number of halogens is 1. The van der Waals surface area contributed by atoms with E-state index >= 15 is 0 Å². The maximum atomic E-state index is 12.4. The summed E-state index contributed by atoms with van der Waals surface area (Å²) in [6.45, 7) is 3.34. The van der Waals surface area contributed by atoms with Crippen molar-refractivity contribution in [2.45, 2.75) is 20.5 Å². The Kier molecular flexibility index (Phi) is 6.51. The van der Waals surface area contributed by atoms with E-state index in [4.69, 9.17) is 25.6 Å². The van der Waals surface area contributed by atoms with Crippen LogP contribution in [0.15, 0.2) is 53.1 Å². The summed E-state index contributed by atoms with van der Waals surface area (Å²) in [7, 11) is 0. The van der Waals surface area contributed by atoms with Gasteiger partial charge in [0.15, 0.2) is 6.61 Å². The Balaban J connectivity index is 1.61. The number of carbonyl (C=O) groups excluding carboxylic acids is 2. The second-order valence-corrected chi connectivity index (χ2v) is 6.60. The van der Waals surface area contributed by atoms with Gasteiger partial charge >= 0.3 is 5.97 Å². The molecule has 3 aromatic rings. The van der Waals surface area contributed by atoms with Gasteiger partial charge in [0.1, 0.15) is 23.7 Å². The van der Waals surface area contributed by atoms with Crippen LogP contribution in [0.25, 0.3) is 0 Å². The third-order valence-electron chi connectivity index (χ3n) is 4.14. The highest BCUT2D eigenvalue weighted by Crippen LogP contribution is 2.23. The van der Waals surface area contributed by atoms with E-state index in [1.165, 1.54) is 0 Å². The number of rotatable bonds is 7. The molecule has 1 heterocycles. The first-order chi connectivity index (χ1) is 14.0. The molecule has 0 saturated heterocycles. The third-order valence-corrected chi connectivity index (χ3v) is 4.47. The van der Waals surface area contributed by atoms with Crippen LogP contribution in [0.1, 0.15) is 27.4 Å². The first-order valence-electron chi connectivity index (χ1n) is 8.80. The van der Waals surface area contributed by atoms with Gasteiger partial charge in [-0.1, -0.05) is 41.0 Å². The summed E-state index contributed by atoms with van der Waals surface area (Å²) in [5.41, 5.74) is 2.19. The zero-order valence-corrected chi connectivity index (χ0v) is 16.7. The van der Waals surface area contributed by atoms with Gasteiger partial charge in [-0.3, -0.25) is 4.79 Å². The highest BCUT2D eigenvalue weighted by atomic mass is 35.5. The standard InChI is InChI=1S/C21H19ClN2O5/c1-13-16(14(2)29-24-13)11-27-19-10-6-3-7-15(19)21(26)28-12-20(25)23-18-9-5-4-8-17(18)22/h3-10H,11-12H2,1-2H3,(H,23,25). The molecule has 0 saturated carbocycles. The highest BCUT2D eigenvalue weighted by Gasteiger charge is 2.17. The third kappa shape index (κ3) is 5.14. The molecule has 0 aliphatic carbocycles. The predicted molar refractivity (Wildman–Crippen MR) is 107 cm³/mol. The van der Waals surface area contributed by atoms with Crippen LogP contribution in [0, 0.1) is 13.8 Å². The summed E-state index contributed by atoms with van der Waals surface area (Å²) < 4.78 is 16.0. The maximum Gasteiger partial charge on any atom is 0.342 e. The number of amides is 1. The van der Waals surface area contributed by atoms with E-state index in [1.54, 1.807) is 55.5 Å². The normalized spacial score (nSPS) is 10.4. The number of nitrogens with zero attached hydrogens (tertiary/aromatic N) is 1. The molecule has 1 N–H and O–H groups in total. The van der Waals surface area contributed by atoms with E-state index in [0.29, 0.717) is 22.2 Å². The second kappa shape index (κ2) is 9.25. The second-order valence-electron chi connectivity index (χ2n) is 6.19. The van der Waals surface area contributed by atoms with Crippen LogP contribution in [0.2, 0.25) is 5.02 Å². The molecule has 0 bridgehead atoms. The largest absolute Gasteiger partial charge is 0.488 e. The lowest BCUT2D eigenvalue weighted by Gasteiger charge is -2.11. The number of hydrogen-bond acceptors (Lipinski definition) is 6. The minimum atomic E-state index is -0.673. The molecule has 1 amide bonds. The summed E-state index contributed by atoms with van der Waals surface area (Å²) in [4.78, 5) is 24.5. The quantitative estimate of drug-likeness (QED) is 0.579. The zero-order chi connectivity index (χ0) is 20.8. The number of aryl methyl sites for hydroxylation is 2. The van der Waals surface area contributed by atoms with E-state index in [9.17, 15) is 9.59 Å². The van der Waals surface area contributed by atoms with E-state index in [-0.39, 0.29) is 12.2 Å². The molecule has 150 valence electrons. The van der Waals surface area contributed by atoms with Crippen LogP contribution < -0.4 is 10.1 Å². The van der Waals surface area contributed by atoms with Crippen molar-refractivity contribution < 1.29 is 23.6 Å². The Labute approximate surface area is 172 Å². The van der Waals surface area contributed by atoms with Gasteiger partial charge in [0.05, 0.1) is 22.0 Å². The Morgan fingerprint density at radius 2 is 1.83 bits per heavy atom. The van der Waals surface area contributed by atoms with Crippen LogP contribution in [0.3, 0.4) is 0 Å². The highest BCUT2D eigenvalue weighted by molar-refractivity contribution is 6.33. The van der Waals surface area contributed by atoms with E-state index < -0.39 is 18.5 Å². The van der Waals surface area contributed by atoms with Gasteiger partial charge in [-0.25, -0.2) is 4.79 Å². The minimum absolute atomic E-state index is 0.193. The van der Waals surface area contributed by atoms with E-state index in [0.717, 1.165) is 11.3 Å². The molecular weight excluding hydrogens is 396 g/mol. The number of nitrogens with one attached hydrogen (secondary N) is 1. The fraction of sp³-hybridized carbons (Fsp3) is 0.190. The fourth-order valence-electron chi connectivity index (χ4n) is 2.58. The predicted octanol–water partition coefficient (Wildman–Crippen LogP) is 4.32. The minimum Gasteiger partial charge on any atom is -0.488 e. The SMILES string of the molecule is Cc1noc(C)c1COc1ccccc1C(=O)OCC(=O)Nc1ccccc1Cl. The smallest absolute Gasteiger partial charge is 0.342 e. The number of para-hydroxylation sites is 2. The number of aromatic nitrogens is 1. The topological polar surface area (TPSA) is 90.7 Å². The van der Waals surface area contributed by atoms with Gasteiger partial charge in [0.25, 0.3) is 5.91 Å². The van der Waals surface area contributed by atoms with Crippen molar-refractivity contribution in [3.05, 3.63) is 76.1 Å². The van der Waals surface area contributed by atoms with Crippen LogP contribution >= 0.6 is 11.6 Å². The molecule has 29 heavy (non-hydrogen) atoms. The molecule has 1 aromatic heterocycles. The van der Waals surface area contributed by atoms with Gasteiger partial charge in [-0.05, 0) is 38.1 Å². The van der Waals surface area contributed by atoms with Crippen LogP contribution in [-0.4, -0.2) is 23.6 Å². The Morgan fingerprint density at radius 3 is 2.55 bits per heavy atom. The average molecular weight is 415 g/mol. The Morgan fingerprint density at radius 1 is 1.10 bits per heavy atom. The molecule has 3 rings (SSSR count). The lowest BCUT2D eigenvalue weighted by atomic mass is 10.2. The average Bonchev–Trinajstić information content (AvgIpc) is 3.04. The van der Waals surface area contributed by atoms with Crippen LogP contribution in [0.5, 0.6) is 5.75 Å². The summed E-state index contributed by atoms with van der Waals surface area (Å²) in [6, 6.07) is 13.4. The van der Waals surface area contributed by atoms with Crippen molar-refractivity contribution in [3.8, 4) is 5.75 Å². The number of carbonyl (C=O) groups is 2. The van der Waals surface area contributed by atoms with E-state index in [1.807, 2.05) is 6.92 Å². The number of hydrogen-bond donors (Lipinski definition) is 1. The van der Waals surface area contributed by atoms with Gasteiger partial charge < -0.3 is 19.3 Å². The van der Waals surface area contributed by atoms with Crippen LogP contribution in [0.4, 0.5) is 5.69 Å². The summed E-state index contributed by atoms with van der Waals surface area (Å²) in [6.07, 6.45) is 0. The lowest BCUT2D eigenvalue weighted by molar-refractivity contribution is -0.119. The van der Waals surface area contributed by atoms with Gasteiger partial charge in [-0.2, -0.15) is 0 Å². The van der Waals surface area contributed by atoms with Crippen molar-refractivity contribution in [1.82, 2.24) is 5.16 Å². The molecule has 0 atom stereocenters. The first kappa shape index (κ1) is 20.4. The maximum absolute atomic E-state index is 12.4. The summed E-state index contributed by atoms with van der Waals surface area (Å²) in [5, 5.41) is 6.86. The van der Waals surface area contributed by atoms with Crippen molar-refractivity contribution in [3.63, 3.8) is 0 Å². The molecule has 0 unspecified atom stereocenters.